The topological polar surface area (TPSA) is 92.8 Å². The molecule has 0 heterocycles. The molecule has 0 aliphatic carbocycles. The van der Waals surface area contributed by atoms with Gasteiger partial charge in [0.05, 0.1) is 29.1 Å². The Labute approximate surface area is 198 Å². The van der Waals surface area contributed by atoms with Crippen molar-refractivity contribution in [2.24, 2.45) is 0 Å². The predicted octanol–water partition coefficient (Wildman–Crippen LogP) is 5.14. The fourth-order valence-electron chi connectivity index (χ4n) is 2.83. The van der Waals surface area contributed by atoms with Crippen LogP contribution in [0.4, 0.5) is 11.4 Å². The van der Waals surface area contributed by atoms with Crippen LogP contribution < -0.4 is 9.62 Å². The van der Waals surface area contributed by atoms with Gasteiger partial charge in [0.15, 0.2) is 0 Å². The van der Waals surface area contributed by atoms with Crippen LogP contribution in [0.25, 0.3) is 0 Å². The summed E-state index contributed by atoms with van der Waals surface area (Å²) in [5, 5.41) is 3.33. The van der Waals surface area contributed by atoms with E-state index in [0.29, 0.717) is 22.9 Å². The van der Waals surface area contributed by atoms with Crippen LogP contribution in [-0.2, 0) is 19.6 Å². The van der Waals surface area contributed by atoms with Gasteiger partial charge < -0.3 is 10.1 Å². The minimum absolute atomic E-state index is 0.0643. The highest BCUT2D eigenvalue weighted by Crippen LogP contribution is 2.30. The molecule has 0 aliphatic rings. The van der Waals surface area contributed by atoms with E-state index >= 15 is 0 Å². The van der Waals surface area contributed by atoms with E-state index in [1.807, 2.05) is 6.92 Å². The minimum Gasteiger partial charge on any atom is -0.462 e. The normalized spacial score (nSPS) is 11.1. The second-order valence-corrected chi connectivity index (χ2v) is 9.90. The zero-order valence-electron chi connectivity index (χ0n) is 17.9. The number of sulfonamides is 1. The Balaban J connectivity index is 1.91. The van der Waals surface area contributed by atoms with Crippen molar-refractivity contribution in [2.45, 2.75) is 32.6 Å². The van der Waals surface area contributed by atoms with E-state index in [0.717, 1.165) is 23.4 Å². The molecule has 0 bridgehead atoms. The van der Waals surface area contributed by atoms with Gasteiger partial charge in [-0.3, -0.25) is 9.10 Å². The maximum atomic E-state index is 12.3. The summed E-state index contributed by atoms with van der Waals surface area (Å²) in [5.74, 6) is -0.689. The number of ether oxygens (including phenoxy) is 1. The summed E-state index contributed by atoms with van der Waals surface area (Å²) in [6.45, 7) is 2.45. The monoisotopic (exact) mass is 500 g/mol. The number of nitrogens with one attached hydrogen (secondary N) is 1. The van der Waals surface area contributed by atoms with Crippen molar-refractivity contribution in [3.05, 3.63) is 58.1 Å². The fourth-order valence-corrected chi connectivity index (χ4v) is 4.24. The van der Waals surface area contributed by atoms with Crippen LogP contribution in [0.15, 0.2) is 42.5 Å². The van der Waals surface area contributed by atoms with Crippen LogP contribution in [0.3, 0.4) is 0 Å². The number of unbranched alkanes of at least 4 members (excludes halogenated alkanes) is 1. The van der Waals surface area contributed by atoms with Gasteiger partial charge in [-0.1, -0.05) is 36.5 Å². The van der Waals surface area contributed by atoms with E-state index in [9.17, 15) is 18.0 Å². The first-order chi connectivity index (χ1) is 15.1. The first-order valence-corrected chi connectivity index (χ1v) is 12.7. The Morgan fingerprint density at radius 1 is 1.06 bits per heavy atom. The molecule has 10 heteroatoms. The summed E-state index contributed by atoms with van der Waals surface area (Å²) < 4.78 is 30.7. The number of halogens is 2. The number of hydrogen-bond donors (Lipinski definition) is 1. The zero-order chi connectivity index (χ0) is 23.7. The summed E-state index contributed by atoms with van der Waals surface area (Å²) in [4.78, 5) is 24.2. The Morgan fingerprint density at radius 3 is 2.38 bits per heavy atom. The van der Waals surface area contributed by atoms with Gasteiger partial charge in [-0.25, -0.2) is 13.2 Å². The first-order valence-electron chi connectivity index (χ1n) is 10.1. The lowest BCUT2D eigenvalue weighted by Gasteiger charge is -2.23. The quantitative estimate of drug-likeness (QED) is 0.340. The molecule has 0 unspecified atom stereocenters. The van der Waals surface area contributed by atoms with Crippen molar-refractivity contribution < 1.29 is 22.7 Å². The lowest BCUT2D eigenvalue weighted by atomic mass is 10.2. The summed E-state index contributed by atoms with van der Waals surface area (Å²) in [6.07, 6.45) is 3.17. The van der Waals surface area contributed by atoms with E-state index in [1.54, 1.807) is 30.3 Å². The second-order valence-electron chi connectivity index (χ2n) is 7.15. The highest BCUT2D eigenvalue weighted by Gasteiger charge is 2.20. The average molecular weight is 501 g/mol. The van der Waals surface area contributed by atoms with Crippen molar-refractivity contribution in [1.82, 2.24) is 0 Å². The molecule has 2 aromatic rings. The third kappa shape index (κ3) is 8.00. The van der Waals surface area contributed by atoms with Gasteiger partial charge in [0.25, 0.3) is 0 Å². The lowest BCUT2D eigenvalue weighted by Crippen LogP contribution is -2.31. The molecular formula is C22H26Cl2N2O5S. The minimum atomic E-state index is -3.62. The number of carbonyl (C=O) groups is 2. The van der Waals surface area contributed by atoms with Crippen LogP contribution in [-0.4, -0.2) is 39.7 Å². The molecule has 2 aromatic carbocycles. The second kappa shape index (κ2) is 12.1. The van der Waals surface area contributed by atoms with E-state index in [1.165, 1.54) is 12.1 Å². The van der Waals surface area contributed by atoms with Crippen molar-refractivity contribution in [2.75, 3.05) is 29.0 Å². The molecule has 32 heavy (non-hydrogen) atoms. The Hall–Kier alpha value is -2.29. The molecule has 0 saturated carbocycles. The number of nitrogens with zero attached hydrogens (tertiary/aromatic N) is 1. The highest BCUT2D eigenvalue weighted by atomic mass is 35.5. The van der Waals surface area contributed by atoms with Crippen LogP contribution in [0.2, 0.25) is 10.0 Å². The smallest absolute Gasteiger partial charge is 0.338 e. The van der Waals surface area contributed by atoms with Crippen molar-refractivity contribution in [3.63, 3.8) is 0 Å². The summed E-state index contributed by atoms with van der Waals surface area (Å²) >= 11 is 12.1. The number of benzene rings is 2. The summed E-state index contributed by atoms with van der Waals surface area (Å²) in [6, 6.07) is 10.9. The third-order valence-electron chi connectivity index (χ3n) is 4.48. The largest absolute Gasteiger partial charge is 0.462 e. The summed E-state index contributed by atoms with van der Waals surface area (Å²) in [7, 11) is -3.62. The molecule has 0 aromatic heterocycles. The highest BCUT2D eigenvalue weighted by molar-refractivity contribution is 7.92. The van der Waals surface area contributed by atoms with Crippen LogP contribution in [0.5, 0.6) is 0 Å². The number of anilines is 2. The number of esters is 1. The molecule has 0 saturated heterocycles. The van der Waals surface area contributed by atoms with E-state index in [2.05, 4.69) is 5.32 Å². The Morgan fingerprint density at radius 2 is 1.75 bits per heavy atom. The zero-order valence-corrected chi connectivity index (χ0v) is 20.3. The SMILES string of the molecule is CCCCOC(=O)c1ccc(NC(=O)CCCN(c2cc(Cl)ccc2Cl)S(C)(=O)=O)cc1. The lowest BCUT2D eigenvalue weighted by molar-refractivity contribution is -0.116. The van der Waals surface area contributed by atoms with Gasteiger partial charge in [0.2, 0.25) is 15.9 Å². The molecule has 174 valence electrons. The fraction of sp³-hybridized carbons (Fsp3) is 0.364. The van der Waals surface area contributed by atoms with Gasteiger partial charge >= 0.3 is 5.97 Å². The molecule has 0 fully saturated rings. The van der Waals surface area contributed by atoms with Crippen LogP contribution in [0, 0.1) is 0 Å². The molecule has 0 aliphatic heterocycles. The number of rotatable bonds is 11. The standard InChI is InChI=1S/C22H26Cl2N2O5S/c1-3-4-14-31-22(28)16-7-10-18(11-8-16)25-21(27)6-5-13-26(32(2,29)30)20-15-17(23)9-12-19(20)24/h7-12,15H,3-6,13-14H2,1-2H3,(H,25,27). The van der Waals surface area contributed by atoms with Gasteiger partial charge in [-0.05, 0) is 55.3 Å². The molecule has 0 radical (unpaired) electrons. The average Bonchev–Trinajstić information content (AvgIpc) is 2.73. The maximum absolute atomic E-state index is 12.3. The van der Waals surface area contributed by atoms with Crippen molar-refractivity contribution >= 4 is 56.5 Å². The summed E-state index contributed by atoms with van der Waals surface area (Å²) in [5.41, 5.74) is 1.20. The Kier molecular flexibility index (Phi) is 9.81. The maximum Gasteiger partial charge on any atom is 0.338 e. The molecular weight excluding hydrogens is 475 g/mol. The van der Waals surface area contributed by atoms with Gasteiger partial charge in [-0.2, -0.15) is 0 Å². The van der Waals surface area contributed by atoms with Gasteiger partial charge in [0, 0.05) is 23.7 Å². The van der Waals surface area contributed by atoms with Crippen LogP contribution >= 0.6 is 23.2 Å². The van der Waals surface area contributed by atoms with Gasteiger partial charge in [0.1, 0.15) is 0 Å². The molecule has 1 N–H and O–H groups in total. The predicted molar refractivity (Wildman–Crippen MR) is 128 cm³/mol. The van der Waals surface area contributed by atoms with E-state index < -0.39 is 16.0 Å². The van der Waals surface area contributed by atoms with Crippen molar-refractivity contribution in [1.29, 1.82) is 0 Å². The first kappa shape index (κ1) is 26.0. The molecule has 0 spiro atoms. The van der Waals surface area contributed by atoms with Crippen molar-refractivity contribution in [3.8, 4) is 0 Å². The third-order valence-corrected chi connectivity index (χ3v) is 6.21. The van der Waals surface area contributed by atoms with E-state index in [-0.39, 0.29) is 36.0 Å². The molecule has 1 amide bonds. The van der Waals surface area contributed by atoms with Gasteiger partial charge in [-0.15, -0.1) is 0 Å². The molecule has 7 nitrogen and oxygen atoms in total. The van der Waals surface area contributed by atoms with E-state index in [4.69, 9.17) is 27.9 Å². The number of hydrogen-bond acceptors (Lipinski definition) is 5. The molecule has 2 rings (SSSR count). The number of amides is 1. The van der Waals surface area contributed by atoms with Crippen LogP contribution in [0.1, 0.15) is 43.0 Å². The number of carbonyl (C=O) groups excluding carboxylic acids is 2. The molecule has 0 atom stereocenters. The Bertz CT molecular complexity index is 1040.